The Morgan fingerprint density at radius 2 is 1.86 bits per heavy atom. The molecule has 1 saturated heterocycles. The molecule has 116 valence electrons. The number of likely N-dealkylation sites (tertiary alicyclic amines) is 1. The predicted molar refractivity (Wildman–Crippen MR) is 87.3 cm³/mol. The van der Waals surface area contributed by atoms with Gasteiger partial charge in [-0.2, -0.15) is 0 Å². The summed E-state index contributed by atoms with van der Waals surface area (Å²) in [5.41, 5.74) is 3.33. The second kappa shape index (κ2) is 6.18. The number of nitrogens with zero attached hydrogens (tertiary/aromatic N) is 1. The Hall–Kier alpha value is -1.35. The molecular formula is C18H28N2O. The van der Waals surface area contributed by atoms with Gasteiger partial charge >= 0.3 is 0 Å². The van der Waals surface area contributed by atoms with E-state index in [0.717, 1.165) is 25.9 Å². The van der Waals surface area contributed by atoms with Crippen LogP contribution >= 0.6 is 0 Å². The molecule has 0 unspecified atom stereocenters. The fourth-order valence-electron chi connectivity index (χ4n) is 3.20. The monoisotopic (exact) mass is 288 g/mol. The normalized spacial score (nSPS) is 20.3. The zero-order valence-corrected chi connectivity index (χ0v) is 14.0. The third-order valence-corrected chi connectivity index (χ3v) is 4.37. The van der Waals surface area contributed by atoms with E-state index in [1.807, 2.05) is 0 Å². The Morgan fingerprint density at radius 1 is 1.24 bits per heavy atom. The van der Waals surface area contributed by atoms with Crippen LogP contribution in [0.15, 0.2) is 18.2 Å². The maximum absolute atomic E-state index is 12.6. The van der Waals surface area contributed by atoms with Gasteiger partial charge < -0.3 is 10.2 Å². The summed E-state index contributed by atoms with van der Waals surface area (Å²) in [5, 5.41) is 3.25. The molecule has 1 aromatic carbocycles. The van der Waals surface area contributed by atoms with Gasteiger partial charge in [-0.3, -0.25) is 4.79 Å². The Balaban J connectivity index is 2.10. The van der Waals surface area contributed by atoms with Crippen molar-refractivity contribution in [3.63, 3.8) is 0 Å². The lowest BCUT2D eigenvalue weighted by atomic mass is 9.89. The first kappa shape index (κ1) is 16.0. The van der Waals surface area contributed by atoms with E-state index in [9.17, 15) is 4.79 Å². The molecule has 1 atom stereocenters. The van der Waals surface area contributed by atoms with E-state index in [2.05, 4.69) is 63.2 Å². The minimum atomic E-state index is -0.329. The van der Waals surface area contributed by atoms with Crippen LogP contribution in [-0.2, 0) is 10.3 Å². The van der Waals surface area contributed by atoms with Gasteiger partial charge in [0.25, 0.3) is 0 Å². The first-order valence-corrected chi connectivity index (χ1v) is 7.87. The summed E-state index contributed by atoms with van der Waals surface area (Å²) in [6.45, 7) is 10.4. The fraction of sp³-hybridized carbons (Fsp3) is 0.611. The van der Waals surface area contributed by atoms with Gasteiger partial charge in [0.2, 0.25) is 5.91 Å². The summed E-state index contributed by atoms with van der Waals surface area (Å²) in [6, 6.07) is 6.50. The Labute approximate surface area is 128 Å². The topological polar surface area (TPSA) is 32.3 Å². The highest BCUT2D eigenvalue weighted by Crippen LogP contribution is 2.24. The van der Waals surface area contributed by atoms with Crippen molar-refractivity contribution < 1.29 is 4.79 Å². The summed E-state index contributed by atoms with van der Waals surface area (Å²) in [5.74, 6) is 0.305. The van der Waals surface area contributed by atoms with Gasteiger partial charge in [0.1, 0.15) is 0 Å². The molecule has 1 amide bonds. The van der Waals surface area contributed by atoms with E-state index in [1.165, 1.54) is 16.7 Å². The van der Waals surface area contributed by atoms with Crippen LogP contribution < -0.4 is 5.32 Å². The molecule has 0 radical (unpaired) electrons. The maximum atomic E-state index is 12.6. The number of hydrogen-bond donors (Lipinski definition) is 1. The predicted octanol–water partition coefficient (Wildman–Crippen LogP) is 3.00. The number of amides is 1. The lowest BCUT2D eigenvalue weighted by Crippen LogP contribution is -2.48. The third-order valence-electron chi connectivity index (χ3n) is 4.37. The third kappa shape index (κ3) is 4.07. The molecular weight excluding hydrogens is 260 g/mol. The van der Waals surface area contributed by atoms with Gasteiger partial charge in [0, 0.05) is 6.54 Å². The lowest BCUT2D eigenvalue weighted by Gasteiger charge is -2.33. The van der Waals surface area contributed by atoms with Crippen LogP contribution in [-0.4, -0.2) is 30.9 Å². The highest BCUT2D eigenvalue weighted by molar-refractivity contribution is 5.80. The van der Waals surface area contributed by atoms with Crippen LogP contribution in [0.2, 0.25) is 0 Å². The van der Waals surface area contributed by atoms with E-state index >= 15 is 0 Å². The molecule has 1 N–H and O–H groups in total. The van der Waals surface area contributed by atoms with Gasteiger partial charge in [0.15, 0.2) is 0 Å². The standard InChI is InChI=1S/C18H28N2O/c1-13-9-14(2)11-16(10-13)18(3,4)19-17(21)15-7-6-8-20(5)12-15/h9-11,15H,6-8,12H2,1-5H3,(H,19,21)/t15-/m0/s1. The summed E-state index contributed by atoms with van der Waals surface area (Å²) in [6.07, 6.45) is 2.11. The zero-order valence-electron chi connectivity index (χ0n) is 14.0. The molecule has 0 bridgehead atoms. The average molecular weight is 288 g/mol. The number of aryl methyl sites for hydroxylation is 2. The van der Waals surface area contributed by atoms with Crippen molar-refractivity contribution in [1.29, 1.82) is 0 Å². The average Bonchev–Trinajstić information content (AvgIpc) is 2.37. The minimum absolute atomic E-state index is 0.119. The molecule has 1 heterocycles. The van der Waals surface area contributed by atoms with Crippen molar-refractivity contribution in [2.24, 2.45) is 5.92 Å². The molecule has 2 rings (SSSR count). The van der Waals surface area contributed by atoms with Crippen LogP contribution in [0.5, 0.6) is 0 Å². The molecule has 0 aromatic heterocycles. The lowest BCUT2D eigenvalue weighted by molar-refractivity contribution is -0.128. The molecule has 0 aliphatic carbocycles. The summed E-state index contributed by atoms with van der Waals surface area (Å²) in [4.78, 5) is 14.8. The SMILES string of the molecule is Cc1cc(C)cc(C(C)(C)NC(=O)[C@H]2CCCN(C)C2)c1. The molecule has 0 saturated carbocycles. The Morgan fingerprint density at radius 3 is 2.43 bits per heavy atom. The van der Waals surface area contributed by atoms with Gasteiger partial charge in [-0.25, -0.2) is 0 Å². The van der Waals surface area contributed by atoms with E-state index in [1.54, 1.807) is 0 Å². The van der Waals surface area contributed by atoms with Crippen molar-refractivity contribution >= 4 is 5.91 Å². The van der Waals surface area contributed by atoms with E-state index in [0.29, 0.717) is 0 Å². The maximum Gasteiger partial charge on any atom is 0.225 e. The first-order valence-electron chi connectivity index (χ1n) is 7.87. The largest absolute Gasteiger partial charge is 0.347 e. The van der Waals surface area contributed by atoms with Crippen molar-refractivity contribution in [2.45, 2.75) is 46.1 Å². The molecule has 1 aliphatic rings. The second-order valence-electron chi connectivity index (χ2n) is 7.09. The number of carbonyl (C=O) groups is 1. The van der Waals surface area contributed by atoms with Gasteiger partial charge in [-0.1, -0.05) is 29.3 Å². The zero-order chi connectivity index (χ0) is 15.6. The minimum Gasteiger partial charge on any atom is -0.347 e. The second-order valence-corrected chi connectivity index (χ2v) is 7.09. The van der Waals surface area contributed by atoms with E-state index < -0.39 is 0 Å². The molecule has 3 heteroatoms. The number of piperidine rings is 1. The molecule has 1 aromatic rings. The molecule has 0 spiro atoms. The van der Waals surface area contributed by atoms with Crippen molar-refractivity contribution in [2.75, 3.05) is 20.1 Å². The van der Waals surface area contributed by atoms with Crippen LogP contribution in [0.1, 0.15) is 43.4 Å². The van der Waals surface area contributed by atoms with Crippen molar-refractivity contribution in [3.05, 3.63) is 34.9 Å². The molecule has 1 aliphatic heterocycles. The van der Waals surface area contributed by atoms with Crippen LogP contribution in [0, 0.1) is 19.8 Å². The highest BCUT2D eigenvalue weighted by atomic mass is 16.2. The quantitative estimate of drug-likeness (QED) is 0.927. The van der Waals surface area contributed by atoms with Gasteiger partial charge in [-0.15, -0.1) is 0 Å². The van der Waals surface area contributed by atoms with Gasteiger partial charge in [0.05, 0.1) is 11.5 Å². The number of hydrogen-bond acceptors (Lipinski definition) is 2. The summed E-state index contributed by atoms with van der Waals surface area (Å²) >= 11 is 0. The molecule has 21 heavy (non-hydrogen) atoms. The Bertz CT molecular complexity index is 502. The first-order chi connectivity index (χ1) is 9.78. The number of carbonyl (C=O) groups excluding carboxylic acids is 1. The van der Waals surface area contributed by atoms with E-state index in [4.69, 9.17) is 0 Å². The summed E-state index contributed by atoms with van der Waals surface area (Å²) in [7, 11) is 2.09. The van der Waals surface area contributed by atoms with Crippen LogP contribution in [0.25, 0.3) is 0 Å². The molecule has 1 fully saturated rings. The van der Waals surface area contributed by atoms with Crippen molar-refractivity contribution in [1.82, 2.24) is 10.2 Å². The summed E-state index contributed by atoms with van der Waals surface area (Å²) < 4.78 is 0. The molecule has 3 nitrogen and oxygen atoms in total. The van der Waals surface area contributed by atoms with Crippen molar-refractivity contribution in [3.8, 4) is 0 Å². The van der Waals surface area contributed by atoms with E-state index in [-0.39, 0.29) is 17.4 Å². The Kier molecular flexibility index (Phi) is 4.72. The highest BCUT2D eigenvalue weighted by Gasteiger charge is 2.29. The van der Waals surface area contributed by atoms with Gasteiger partial charge in [-0.05, 0) is 59.7 Å². The van der Waals surface area contributed by atoms with Crippen LogP contribution in [0.3, 0.4) is 0 Å². The number of rotatable bonds is 3. The smallest absolute Gasteiger partial charge is 0.225 e. The number of benzene rings is 1. The van der Waals surface area contributed by atoms with Crippen LogP contribution in [0.4, 0.5) is 0 Å². The number of nitrogens with one attached hydrogen (secondary N) is 1. The fourth-order valence-corrected chi connectivity index (χ4v) is 3.20.